The van der Waals surface area contributed by atoms with Gasteiger partial charge in [0.05, 0.1) is 5.75 Å². The SMILES string of the molecule is CCCCCC[C@H](C)NC(=O)CSc1nnc(-c2ccncc2)n1-c1ccccc1. The average Bonchev–Trinajstić information content (AvgIpc) is 3.20. The van der Waals surface area contributed by atoms with Gasteiger partial charge in [-0.2, -0.15) is 0 Å². The Hall–Kier alpha value is -2.67. The Morgan fingerprint density at radius 2 is 1.83 bits per heavy atom. The molecule has 0 spiro atoms. The Balaban J connectivity index is 1.68. The second-order valence-electron chi connectivity index (χ2n) is 7.32. The number of hydrogen-bond donors (Lipinski definition) is 1. The molecule has 0 unspecified atom stereocenters. The highest BCUT2D eigenvalue weighted by atomic mass is 32.2. The monoisotopic (exact) mass is 423 g/mol. The molecule has 158 valence electrons. The number of benzene rings is 1. The van der Waals surface area contributed by atoms with Crippen molar-refractivity contribution in [3.63, 3.8) is 0 Å². The van der Waals surface area contributed by atoms with Gasteiger partial charge >= 0.3 is 0 Å². The van der Waals surface area contributed by atoms with Crippen molar-refractivity contribution in [1.82, 2.24) is 25.1 Å². The van der Waals surface area contributed by atoms with Crippen molar-refractivity contribution in [2.45, 2.75) is 57.1 Å². The maximum absolute atomic E-state index is 12.4. The lowest BCUT2D eigenvalue weighted by molar-refractivity contribution is -0.119. The fourth-order valence-electron chi connectivity index (χ4n) is 3.26. The topological polar surface area (TPSA) is 72.7 Å². The third-order valence-electron chi connectivity index (χ3n) is 4.82. The number of rotatable bonds is 11. The van der Waals surface area contributed by atoms with Crippen molar-refractivity contribution in [2.24, 2.45) is 0 Å². The lowest BCUT2D eigenvalue weighted by Crippen LogP contribution is -2.33. The summed E-state index contributed by atoms with van der Waals surface area (Å²) >= 11 is 1.40. The first kappa shape index (κ1) is 22.0. The van der Waals surface area contributed by atoms with Crippen LogP contribution in [-0.2, 0) is 4.79 Å². The summed E-state index contributed by atoms with van der Waals surface area (Å²) < 4.78 is 1.99. The van der Waals surface area contributed by atoms with Crippen molar-refractivity contribution in [3.05, 3.63) is 54.9 Å². The zero-order valence-electron chi connectivity index (χ0n) is 17.6. The number of para-hydroxylation sites is 1. The van der Waals surface area contributed by atoms with Crippen LogP contribution in [0.25, 0.3) is 17.1 Å². The van der Waals surface area contributed by atoms with Crippen molar-refractivity contribution < 1.29 is 4.79 Å². The number of unbranched alkanes of at least 4 members (excludes halogenated alkanes) is 3. The van der Waals surface area contributed by atoms with Crippen LogP contribution in [0.3, 0.4) is 0 Å². The van der Waals surface area contributed by atoms with E-state index in [9.17, 15) is 4.79 Å². The van der Waals surface area contributed by atoms with Gasteiger partial charge < -0.3 is 5.32 Å². The summed E-state index contributed by atoms with van der Waals surface area (Å²) in [4.78, 5) is 16.5. The van der Waals surface area contributed by atoms with Crippen LogP contribution >= 0.6 is 11.8 Å². The predicted molar refractivity (Wildman–Crippen MR) is 122 cm³/mol. The zero-order valence-corrected chi connectivity index (χ0v) is 18.4. The van der Waals surface area contributed by atoms with Crippen LogP contribution in [0.15, 0.2) is 60.0 Å². The van der Waals surface area contributed by atoms with Gasteiger partial charge in [-0.05, 0) is 37.6 Å². The Kier molecular flexibility index (Phi) is 8.44. The Bertz CT molecular complexity index is 914. The van der Waals surface area contributed by atoms with E-state index in [1.807, 2.05) is 47.0 Å². The van der Waals surface area contributed by atoms with Crippen molar-refractivity contribution >= 4 is 17.7 Å². The molecule has 3 aromatic rings. The molecule has 1 amide bonds. The van der Waals surface area contributed by atoms with Crippen molar-refractivity contribution in [1.29, 1.82) is 0 Å². The molecule has 0 saturated carbocycles. The molecule has 1 atom stereocenters. The number of carbonyl (C=O) groups is 1. The summed E-state index contributed by atoms with van der Waals surface area (Å²) in [6.07, 6.45) is 9.35. The summed E-state index contributed by atoms with van der Waals surface area (Å²) in [5, 5.41) is 12.6. The molecule has 1 N–H and O–H groups in total. The molecule has 0 bridgehead atoms. The molecular weight excluding hydrogens is 394 g/mol. The first-order valence-corrected chi connectivity index (χ1v) is 11.5. The molecule has 0 saturated heterocycles. The molecule has 0 radical (unpaired) electrons. The normalized spacial score (nSPS) is 11.9. The van der Waals surface area contributed by atoms with E-state index < -0.39 is 0 Å². The molecule has 7 heteroatoms. The zero-order chi connectivity index (χ0) is 21.2. The molecule has 0 aliphatic rings. The molecule has 2 heterocycles. The van der Waals surface area contributed by atoms with Crippen LogP contribution in [0.5, 0.6) is 0 Å². The van der Waals surface area contributed by atoms with Gasteiger partial charge in [-0.3, -0.25) is 14.3 Å². The molecule has 2 aromatic heterocycles. The third-order valence-corrected chi connectivity index (χ3v) is 5.75. The summed E-state index contributed by atoms with van der Waals surface area (Å²) in [6, 6.07) is 14.0. The summed E-state index contributed by atoms with van der Waals surface area (Å²) in [5.74, 6) is 1.06. The highest BCUT2D eigenvalue weighted by Crippen LogP contribution is 2.27. The van der Waals surface area contributed by atoms with Gasteiger partial charge in [0.1, 0.15) is 0 Å². The van der Waals surface area contributed by atoms with E-state index in [-0.39, 0.29) is 11.9 Å². The van der Waals surface area contributed by atoms with Crippen molar-refractivity contribution in [2.75, 3.05) is 5.75 Å². The highest BCUT2D eigenvalue weighted by Gasteiger charge is 2.17. The summed E-state index contributed by atoms with van der Waals surface area (Å²) in [6.45, 7) is 4.28. The second-order valence-corrected chi connectivity index (χ2v) is 8.26. The first-order valence-electron chi connectivity index (χ1n) is 10.5. The molecule has 30 heavy (non-hydrogen) atoms. The molecule has 0 fully saturated rings. The predicted octanol–water partition coefficient (Wildman–Crippen LogP) is 4.90. The molecule has 1 aromatic carbocycles. The largest absolute Gasteiger partial charge is 0.353 e. The van der Waals surface area contributed by atoms with Crippen LogP contribution < -0.4 is 5.32 Å². The van der Waals surface area contributed by atoms with E-state index in [4.69, 9.17) is 0 Å². The van der Waals surface area contributed by atoms with Gasteiger partial charge in [-0.25, -0.2) is 0 Å². The molecule has 3 rings (SSSR count). The minimum atomic E-state index is 0.0241. The maximum atomic E-state index is 12.4. The fourth-order valence-corrected chi connectivity index (χ4v) is 4.02. The number of nitrogens with zero attached hydrogens (tertiary/aromatic N) is 4. The van der Waals surface area contributed by atoms with Gasteiger partial charge in [0.2, 0.25) is 5.91 Å². The van der Waals surface area contributed by atoms with Crippen LogP contribution in [0, 0.1) is 0 Å². The average molecular weight is 424 g/mol. The van der Waals surface area contributed by atoms with E-state index >= 15 is 0 Å². The van der Waals surface area contributed by atoms with Gasteiger partial charge in [0, 0.05) is 29.7 Å². The standard InChI is InChI=1S/C23H29N5OS/c1-3-4-5-7-10-18(2)25-21(29)17-30-23-27-26-22(19-13-15-24-16-14-19)28(23)20-11-8-6-9-12-20/h6,8-9,11-16,18H,3-5,7,10,17H2,1-2H3,(H,25,29)/t18-/m0/s1. The van der Waals surface area contributed by atoms with Crippen LogP contribution in [0.2, 0.25) is 0 Å². The number of aromatic nitrogens is 4. The minimum Gasteiger partial charge on any atom is -0.353 e. The first-order chi connectivity index (χ1) is 14.7. The van der Waals surface area contributed by atoms with E-state index in [0.717, 1.165) is 29.9 Å². The number of thioether (sulfide) groups is 1. The number of carbonyl (C=O) groups excluding carboxylic acids is 1. The second kappa shape index (κ2) is 11.5. The van der Waals surface area contributed by atoms with Crippen LogP contribution in [-0.4, -0.2) is 37.5 Å². The van der Waals surface area contributed by atoms with E-state index in [1.165, 1.54) is 31.0 Å². The minimum absolute atomic E-state index is 0.0241. The number of nitrogens with one attached hydrogen (secondary N) is 1. The van der Waals surface area contributed by atoms with Gasteiger partial charge in [0.15, 0.2) is 11.0 Å². The molecule has 0 aliphatic heterocycles. The Morgan fingerprint density at radius 3 is 2.57 bits per heavy atom. The number of hydrogen-bond acceptors (Lipinski definition) is 5. The smallest absolute Gasteiger partial charge is 0.230 e. The van der Waals surface area contributed by atoms with Gasteiger partial charge in [-0.15, -0.1) is 10.2 Å². The Labute approximate surface area is 182 Å². The van der Waals surface area contributed by atoms with Crippen LogP contribution in [0.1, 0.15) is 46.0 Å². The van der Waals surface area contributed by atoms with E-state index in [0.29, 0.717) is 10.9 Å². The Morgan fingerprint density at radius 1 is 1.07 bits per heavy atom. The van der Waals surface area contributed by atoms with Gasteiger partial charge in [0.25, 0.3) is 0 Å². The number of pyridine rings is 1. The lowest BCUT2D eigenvalue weighted by atomic mass is 10.1. The summed E-state index contributed by atoms with van der Waals surface area (Å²) in [7, 11) is 0. The van der Waals surface area contributed by atoms with E-state index in [2.05, 4.69) is 34.3 Å². The highest BCUT2D eigenvalue weighted by molar-refractivity contribution is 7.99. The number of amides is 1. The van der Waals surface area contributed by atoms with E-state index in [1.54, 1.807) is 12.4 Å². The summed E-state index contributed by atoms with van der Waals surface area (Å²) in [5.41, 5.74) is 1.89. The molecule has 6 nitrogen and oxygen atoms in total. The fraction of sp³-hybridized carbons (Fsp3) is 0.391. The van der Waals surface area contributed by atoms with Crippen LogP contribution in [0.4, 0.5) is 0 Å². The van der Waals surface area contributed by atoms with Crippen molar-refractivity contribution in [3.8, 4) is 17.1 Å². The molecular formula is C23H29N5OS. The van der Waals surface area contributed by atoms with Gasteiger partial charge in [-0.1, -0.05) is 62.6 Å². The lowest BCUT2D eigenvalue weighted by Gasteiger charge is -2.14. The third kappa shape index (κ3) is 6.16. The maximum Gasteiger partial charge on any atom is 0.230 e. The molecule has 0 aliphatic carbocycles. The quantitative estimate of drug-likeness (QED) is 0.351.